The highest BCUT2D eigenvalue weighted by atomic mass is 32.2. The molecule has 0 amide bonds. The standard InChI is InChI=1S/C15H26N2OS/c1-5-12(2)17-8-6-13(16-17)10-15(18)11-19-9-7-14(15,3)4/h6,8,12,18H,5,7,9-11H2,1-4H3. The number of hydrogen-bond acceptors (Lipinski definition) is 3. The van der Waals surface area contributed by atoms with Crippen LogP contribution in [0.15, 0.2) is 12.3 Å². The minimum absolute atomic E-state index is 0.0294. The Hall–Kier alpha value is -0.480. The SMILES string of the molecule is CCC(C)n1ccc(CC2(O)CSCCC2(C)C)n1. The van der Waals surface area contributed by atoms with E-state index < -0.39 is 5.60 Å². The molecular formula is C15H26N2OS. The molecule has 2 unspecified atom stereocenters. The highest BCUT2D eigenvalue weighted by Crippen LogP contribution is 2.43. The van der Waals surface area contributed by atoms with Crippen LogP contribution in [-0.4, -0.2) is 32.0 Å². The first kappa shape index (κ1) is 14.9. The molecule has 1 N–H and O–H groups in total. The predicted molar refractivity (Wildman–Crippen MR) is 81.6 cm³/mol. The van der Waals surface area contributed by atoms with Gasteiger partial charge in [-0.3, -0.25) is 4.68 Å². The maximum absolute atomic E-state index is 11.0. The van der Waals surface area contributed by atoms with E-state index in [-0.39, 0.29) is 5.41 Å². The molecule has 0 spiro atoms. The van der Waals surface area contributed by atoms with Gasteiger partial charge in [0.05, 0.1) is 11.3 Å². The molecule has 0 aromatic carbocycles. The first-order valence-corrected chi connectivity index (χ1v) is 8.37. The fourth-order valence-corrected chi connectivity index (χ4v) is 4.12. The Morgan fingerprint density at radius 2 is 2.26 bits per heavy atom. The molecule has 1 saturated heterocycles. The van der Waals surface area contributed by atoms with Crippen molar-refractivity contribution in [2.45, 2.75) is 58.6 Å². The number of aliphatic hydroxyl groups is 1. The van der Waals surface area contributed by atoms with Crippen molar-refractivity contribution in [3.63, 3.8) is 0 Å². The summed E-state index contributed by atoms with van der Waals surface area (Å²) in [6.07, 6.45) is 4.85. The van der Waals surface area contributed by atoms with Gasteiger partial charge in [0.15, 0.2) is 0 Å². The van der Waals surface area contributed by atoms with E-state index in [4.69, 9.17) is 0 Å². The van der Waals surface area contributed by atoms with E-state index in [1.54, 1.807) is 0 Å². The van der Waals surface area contributed by atoms with Gasteiger partial charge in [0.2, 0.25) is 0 Å². The predicted octanol–water partition coefficient (Wildman–Crippen LogP) is 3.29. The molecule has 3 nitrogen and oxygen atoms in total. The van der Waals surface area contributed by atoms with E-state index in [9.17, 15) is 5.11 Å². The van der Waals surface area contributed by atoms with Crippen LogP contribution in [0.25, 0.3) is 0 Å². The second-order valence-electron chi connectivity index (χ2n) is 6.44. The van der Waals surface area contributed by atoms with Crippen LogP contribution in [0.3, 0.4) is 0 Å². The third-order valence-electron chi connectivity index (χ3n) is 4.65. The Kier molecular flexibility index (Phi) is 4.31. The lowest BCUT2D eigenvalue weighted by Crippen LogP contribution is -2.51. The first-order valence-electron chi connectivity index (χ1n) is 7.22. The van der Waals surface area contributed by atoms with Crippen molar-refractivity contribution in [2.75, 3.05) is 11.5 Å². The van der Waals surface area contributed by atoms with E-state index in [0.717, 1.165) is 30.0 Å². The van der Waals surface area contributed by atoms with E-state index in [1.807, 2.05) is 22.6 Å². The summed E-state index contributed by atoms with van der Waals surface area (Å²) in [6, 6.07) is 2.48. The topological polar surface area (TPSA) is 38.0 Å². The van der Waals surface area contributed by atoms with Crippen LogP contribution in [0.2, 0.25) is 0 Å². The molecule has 0 aliphatic carbocycles. The van der Waals surface area contributed by atoms with Gasteiger partial charge in [0, 0.05) is 24.4 Å². The summed E-state index contributed by atoms with van der Waals surface area (Å²) in [5.74, 6) is 1.97. The fraction of sp³-hybridized carbons (Fsp3) is 0.800. The summed E-state index contributed by atoms with van der Waals surface area (Å²) < 4.78 is 2.02. The zero-order valence-corrected chi connectivity index (χ0v) is 13.3. The lowest BCUT2D eigenvalue weighted by Gasteiger charge is -2.46. The van der Waals surface area contributed by atoms with Crippen molar-refractivity contribution in [2.24, 2.45) is 5.41 Å². The smallest absolute Gasteiger partial charge is 0.0844 e. The van der Waals surface area contributed by atoms with Gasteiger partial charge < -0.3 is 5.11 Å². The van der Waals surface area contributed by atoms with Gasteiger partial charge in [-0.2, -0.15) is 16.9 Å². The van der Waals surface area contributed by atoms with Gasteiger partial charge in [0.25, 0.3) is 0 Å². The van der Waals surface area contributed by atoms with Crippen molar-refractivity contribution < 1.29 is 5.11 Å². The summed E-state index contributed by atoms with van der Waals surface area (Å²) in [6.45, 7) is 8.70. The van der Waals surface area contributed by atoms with Crippen LogP contribution in [0.1, 0.15) is 52.3 Å². The van der Waals surface area contributed by atoms with E-state index in [2.05, 4.69) is 38.9 Å². The van der Waals surface area contributed by atoms with Crippen molar-refractivity contribution in [3.05, 3.63) is 18.0 Å². The van der Waals surface area contributed by atoms with Crippen molar-refractivity contribution >= 4 is 11.8 Å². The normalized spacial score (nSPS) is 28.3. The molecule has 1 aromatic heterocycles. The molecule has 108 valence electrons. The second-order valence-corrected chi connectivity index (χ2v) is 7.54. The van der Waals surface area contributed by atoms with Gasteiger partial charge in [-0.25, -0.2) is 0 Å². The summed E-state index contributed by atoms with van der Waals surface area (Å²) in [5.41, 5.74) is 0.349. The average molecular weight is 282 g/mol. The Morgan fingerprint density at radius 3 is 2.89 bits per heavy atom. The molecule has 2 rings (SSSR count). The van der Waals surface area contributed by atoms with E-state index >= 15 is 0 Å². The molecule has 1 aromatic rings. The molecule has 0 saturated carbocycles. The Bertz CT molecular complexity index is 430. The van der Waals surface area contributed by atoms with Crippen molar-refractivity contribution in [1.29, 1.82) is 0 Å². The molecule has 1 aliphatic rings. The lowest BCUT2D eigenvalue weighted by molar-refractivity contribution is -0.0520. The molecule has 19 heavy (non-hydrogen) atoms. The zero-order chi connectivity index (χ0) is 14.1. The Morgan fingerprint density at radius 1 is 1.53 bits per heavy atom. The molecule has 1 fully saturated rings. The maximum Gasteiger partial charge on any atom is 0.0844 e. The zero-order valence-electron chi connectivity index (χ0n) is 12.5. The number of aromatic nitrogens is 2. The molecule has 4 heteroatoms. The minimum Gasteiger partial charge on any atom is -0.388 e. The highest BCUT2D eigenvalue weighted by Gasteiger charge is 2.45. The summed E-state index contributed by atoms with van der Waals surface area (Å²) in [4.78, 5) is 0. The van der Waals surface area contributed by atoms with Crippen LogP contribution in [0.5, 0.6) is 0 Å². The molecule has 0 radical (unpaired) electrons. The third kappa shape index (κ3) is 3.00. The molecule has 2 atom stereocenters. The lowest BCUT2D eigenvalue weighted by atomic mass is 9.71. The van der Waals surface area contributed by atoms with Crippen LogP contribution in [0.4, 0.5) is 0 Å². The van der Waals surface area contributed by atoms with Crippen LogP contribution >= 0.6 is 11.8 Å². The molecule has 0 bridgehead atoms. The summed E-state index contributed by atoms with van der Waals surface area (Å²) in [5, 5.41) is 15.6. The van der Waals surface area contributed by atoms with Crippen LogP contribution in [-0.2, 0) is 6.42 Å². The van der Waals surface area contributed by atoms with Gasteiger partial charge in [-0.15, -0.1) is 0 Å². The van der Waals surface area contributed by atoms with Crippen molar-refractivity contribution in [1.82, 2.24) is 9.78 Å². The molecule has 2 heterocycles. The molecular weight excluding hydrogens is 256 g/mol. The van der Waals surface area contributed by atoms with Crippen LogP contribution < -0.4 is 0 Å². The van der Waals surface area contributed by atoms with E-state index in [0.29, 0.717) is 12.5 Å². The maximum atomic E-state index is 11.0. The number of rotatable bonds is 4. The average Bonchev–Trinajstić information content (AvgIpc) is 2.80. The largest absolute Gasteiger partial charge is 0.388 e. The van der Waals surface area contributed by atoms with Crippen LogP contribution in [0, 0.1) is 5.41 Å². The second kappa shape index (κ2) is 5.49. The number of nitrogens with zero attached hydrogens (tertiary/aromatic N) is 2. The van der Waals surface area contributed by atoms with Crippen molar-refractivity contribution in [3.8, 4) is 0 Å². The summed E-state index contributed by atoms with van der Waals surface area (Å²) >= 11 is 1.86. The fourth-order valence-electron chi connectivity index (χ4n) is 2.49. The monoisotopic (exact) mass is 282 g/mol. The Labute approximate surface area is 120 Å². The molecule has 1 aliphatic heterocycles. The van der Waals surface area contributed by atoms with E-state index in [1.165, 1.54) is 0 Å². The van der Waals surface area contributed by atoms with Gasteiger partial charge in [-0.05, 0) is 37.0 Å². The number of hydrogen-bond donors (Lipinski definition) is 1. The number of thioether (sulfide) groups is 1. The summed E-state index contributed by atoms with van der Waals surface area (Å²) in [7, 11) is 0. The van der Waals surface area contributed by atoms with Gasteiger partial charge in [0.1, 0.15) is 0 Å². The first-order chi connectivity index (χ1) is 8.88. The van der Waals surface area contributed by atoms with Gasteiger partial charge >= 0.3 is 0 Å². The highest BCUT2D eigenvalue weighted by molar-refractivity contribution is 7.99. The minimum atomic E-state index is -0.634. The Balaban J connectivity index is 2.13. The quantitative estimate of drug-likeness (QED) is 0.921. The third-order valence-corrected chi connectivity index (χ3v) is 5.83. The van der Waals surface area contributed by atoms with Gasteiger partial charge in [-0.1, -0.05) is 20.8 Å².